The van der Waals surface area contributed by atoms with Crippen LogP contribution in [0.3, 0.4) is 0 Å². The van der Waals surface area contributed by atoms with Gasteiger partial charge in [-0.15, -0.1) is 0 Å². The van der Waals surface area contributed by atoms with E-state index in [1.54, 1.807) is 0 Å². The molecule has 1 heterocycles. The van der Waals surface area contributed by atoms with E-state index in [9.17, 15) is 25.5 Å². The first kappa shape index (κ1) is 30.4. The quantitative estimate of drug-likeness (QED) is 0.0724. The number of fused-ring (bicyclic) bond motifs is 5. The number of aromatic hydroxyl groups is 5. The highest BCUT2D eigenvalue weighted by Gasteiger charge is 2.30. The van der Waals surface area contributed by atoms with Gasteiger partial charge in [0.1, 0.15) is 11.2 Å². The molecule has 1 aromatic heterocycles. The monoisotopic (exact) mass is 668 g/mol. The van der Waals surface area contributed by atoms with Gasteiger partial charge in [-0.05, 0) is 56.3 Å². The molecule has 9 rings (SSSR count). The molecule has 248 valence electrons. The van der Waals surface area contributed by atoms with E-state index in [2.05, 4.69) is 73.7 Å². The molecule has 0 aliphatic heterocycles. The van der Waals surface area contributed by atoms with E-state index in [-0.39, 0.29) is 11.0 Å². The number of allylic oxidation sites excluding steroid dienone is 4. The van der Waals surface area contributed by atoms with Gasteiger partial charge in [0, 0.05) is 27.3 Å². The maximum atomic E-state index is 11.1. The number of hydrogen-bond acceptors (Lipinski definition) is 6. The maximum absolute atomic E-state index is 11.1. The minimum absolute atomic E-state index is 0.168. The van der Waals surface area contributed by atoms with Crippen LogP contribution in [0.4, 0.5) is 0 Å². The third kappa shape index (κ3) is 4.43. The molecule has 6 nitrogen and oxygen atoms in total. The summed E-state index contributed by atoms with van der Waals surface area (Å²) >= 11 is 0. The SMILES string of the molecule is CC1(c2ccccc2)C=CC=C(c2cccc3c2oc2cccc(-c4c5ccccc5c(-c5c(O)c(O)c(O)c(O)c5O)c5ccccc45)c23)C1. The highest BCUT2D eigenvalue weighted by atomic mass is 16.4. The number of phenols is 5. The third-order valence-corrected chi connectivity index (χ3v) is 10.4. The normalized spacial score (nSPS) is 16.0. The summed E-state index contributed by atoms with van der Waals surface area (Å²) in [6.07, 6.45) is 7.40. The fourth-order valence-electron chi connectivity index (χ4n) is 8.01. The summed E-state index contributed by atoms with van der Waals surface area (Å²) in [4.78, 5) is 0. The smallest absolute Gasteiger partial charge is 0.208 e. The van der Waals surface area contributed by atoms with Crippen molar-refractivity contribution >= 4 is 49.1 Å². The van der Waals surface area contributed by atoms with Gasteiger partial charge in [0.2, 0.25) is 17.2 Å². The predicted octanol–water partition coefficient (Wildman–Crippen LogP) is 11.1. The van der Waals surface area contributed by atoms with E-state index in [0.29, 0.717) is 16.3 Å². The lowest BCUT2D eigenvalue weighted by Gasteiger charge is -2.30. The summed E-state index contributed by atoms with van der Waals surface area (Å²) in [5.74, 6) is -4.32. The Labute approximate surface area is 292 Å². The van der Waals surface area contributed by atoms with Crippen molar-refractivity contribution in [2.24, 2.45) is 0 Å². The van der Waals surface area contributed by atoms with Gasteiger partial charge in [-0.3, -0.25) is 0 Å². The first-order chi connectivity index (χ1) is 24.8. The molecule has 8 aromatic rings. The Morgan fingerprint density at radius 1 is 0.510 bits per heavy atom. The van der Waals surface area contributed by atoms with Crippen LogP contribution in [0, 0.1) is 0 Å². The Bertz CT molecular complexity index is 2700. The summed E-state index contributed by atoms with van der Waals surface area (Å²) in [5, 5.41) is 58.3. The highest BCUT2D eigenvalue weighted by molar-refractivity contribution is 6.26. The van der Waals surface area contributed by atoms with Gasteiger partial charge in [0.25, 0.3) is 0 Å². The largest absolute Gasteiger partial charge is 0.504 e. The average molecular weight is 669 g/mol. The number of hydrogen-bond donors (Lipinski definition) is 5. The van der Waals surface area contributed by atoms with E-state index in [1.807, 2.05) is 66.7 Å². The molecular formula is C45H32O6. The molecule has 0 amide bonds. The van der Waals surface area contributed by atoms with Crippen molar-refractivity contribution in [1.82, 2.24) is 0 Å². The van der Waals surface area contributed by atoms with Crippen LogP contribution in [0.5, 0.6) is 28.7 Å². The fourth-order valence-corrected chi connectivity index (χ4v) is 8.01. The minimum Gasteiger partial charge on any atom is -0.504 e. The molecule has 1 aliphatic carbocycles. The van der Waals surface area contributed by atoms with Crippen LogP contribution >= 0.6 is 0 Å². The minimum atomic E-state index is -0.999. The van der Waals surface area contributed by atoms with Crippen molar-refractivity contribution in [2.75, 3.05) is 0 Å². The van der Waals surface area contributed by atoms with Crippen molar-refractivity contribution in [3.63, 3.8) is 0 Å². The van der Waals surface area contributed by atoms with Crippen molar-refractivity contribution in [3.8, 4) is 51.0 Å². The average Bonchev–Trinajstić information content (AvgIpc) is 3.56. The molecule has 1 aliphatic rings. The third-order valence-electron chi connectivity index (χ3n) is 10.4. The van der Waals surface area contributed by atoms with Gasteiger partial charge in [-0.25, -0.2) is 0 Å². The standard InChI is InChI=1S/C45H32O6/c1-45(26-13-3-2-4-14-26)23-11-12-25(24-45)27-19-9-21-33-36-32(20-10-22-34(36)51-44(27)33)35-28-15-5-7-17-30(28)37(31-18-8-6-16-29(31)35)38-39(46)41(48)43(50)42(49)40(38)47/h2-23,46-50H,24H2,1H3. The molecule has 5 N–H and O–H groups in total. The zero-order valence-electron chi connectivity index (χ0n) is 27.6. The van der Waals surface area contributed by atoms with Crippen molar-refractivity contribution in [2.45, 2.75) is 18.8 Å². The van der Waals surface area contributed by atoms with E-state index in [4.69, 9.17) is 4.42 Å². The molecular weight excluding hydrogens is 636 g/mol. The van der Waals surface area contributed by atoms with Crippen LogP contribution < -0.4 is 0 Å². The molecule has 0 saturated heterocycles. The Morgan fingerprint density at radius 2 is 1.04 bits per heavy atom. The van der Waals surface area contributed by atoms with Crippen LogP contribution in [-0.4, -0.2) is 25.5 Å². The predicted molar refractivity (Wildman–Crippen MR) is 203 cm³/mol. The van der Waals surface area contributed by atoms with Gasteiger partial charge >= 0.3 is 0 Å². The molecule has 0 bridgehead atoms. The van der Waals surface area contributed by atoms with Crippen LogP contribution in [-0.2, 0) is 5.41 Å². The number of furan rings is 1. The highest BCUT2D eigenvalue weighted by Crippen LogP contribution is 2.58. The zero-order chi connectivity index (χ0) is 35.0. The van der Waals surface area contributed by atoms with Crippen LogP contribution in [0.1, 0.15) is 24.5 Å². The fraction of sp³-hybridized carbons (Fsp3) is 0.0667. The number of para-hydroxylation sites is 1. The number of phenolic OH excluding ortho intramolecular Hbond substituents is 5. The Balaban J connectivity index is 1.31. The van der Waals surface area contributed by atoms with E-state index >= 15 is 0 Å². The van der Waals surface area contributed by atoms with E-state index in [0.717, 1.165) is 55.8 Å². The van der Waals surface area contributed by atoms with Crippen LogP contribution in [0.25, 0.3) is 71.3 Å². The van der Waals surface area contributed by atoms with Gasteiger partial charge in [0.05, 0.1) is 5.56 Å². The van der Waals surface area contributed by atoms with Crippen molar-refractivity contribution in [3.05, 3.63) is 145 Å². The molecule has 0 fully saturated rings. The molecule has 7 aromatic carbocycles. The van der Waals surface area contributed by atoms with Gasteiger partial charge in [0.15, 0.2) is 11.5 Å². The lowest BCUT2D eigenvalue weighted by molar-refractivity contribution is 0.330. The summed E-state index contributed by atoms with van der Waals surface area (Å²) in [7, 11) is 0. The molecule has 51 heavy (non-hydrogen) atoms. The lowest BCUT2D eigenvalue weighted by atomic mass is 9.73. The maximum Gasteiger partial charge on any atom is 0.208 e. The first-order valence-corrected chi connectivity index (χ1v) is 16.8. The summed E-state index contributed by atoms with van der Waals surface area (Å²) < 4.78 is 6.75. The van der Waals surface area contributed by atoms with Crippen molar-refractivity contribution < 1.29 is 29.9 Å². The molecule has 6 heteroatoms. The molecule has 0 saturated carbocycles. The van der Waals surface area contributed by atoms with Gasteiger partial charge in [-0.2, -0.15) is 0 Å². The molecule has 0 radical (unpaired) electrons. The van der Waals surface area contributed by atoms with E-state index in [1.165, 1.54) is 11.1 Å². The van der Waals surface area contributed by atoms with Crippen molar-refractivity contribution in [1.29, 1.82) is 0 Å². The molecule has 1 unspecified atom stereocenters. The molecule has 0 spiro atoms. The van der Waals surface area contributed by atoms with Crippen LogP contribution in [0.2, 0.25) is 0 Å². The summed E-state index contributed by atoms with van der Waals surface area (Å²) in [6.45, 7) is 2.27. The lowest BCUT2D eigenvalue weighted by Crippen LogP contribution is -2.21. The zero-order valence-corrected chi connectivity index (χ0v) is 27.6. The second-order valence-electron chi connectivity index (χ2n) is 13.4. The number of benzene rings is 7. The van der Waals surface area contributed by atoms with Gasteiger partial charge in [-0.1, -0.05) is 134 Å². The topological polar surface area (TPSA) is 114 Å². The molecule has 1 atom stereocenters. The Kier molecular flexibility index (Phi) is 6.67. The van der Waals surface area contributed by atoms with Crippen LogP contribution in [0.15, 0.2) is 138 Å². The Morgan fingerprint density at radius 3 is 1.69 bits per heavy atom. The summed E-state index contributed by atoms with van der Waals surface area (Å²) in [6, 6.07) is 38.2. The van der Waals surface area contributed by atoms with Gasteiger partial charge < -0.3 is 29.9 Å². The Hall–Kier alpha value is -6.66. The number of rotatable bonds is 4. The second-order valence-corrected chi connectivity index (χ2v) is 13.4. The summed E-state index contributed by atoms with van der Waals surface area (Å²) in [5.41, 5.74) is 6.96. The first-order valence-electron chi connectivity index (χ1n) is 16.8. The van der Waals surface area contributed by atoms with E-state index < -0.39 is 28.7 Å². The second kappa shape index (κ2) is 11.2.